The summed E-state index contributed by atoms with van der Waals surface area (Å²) in [5.41, 5.74) is 2.09. The van der Waals surface area contributed by atoms with Crippen LogP contribution in [0.5, 0.6) is 0 Å². The van der Waals surface area contributed by atoms with Gasteiger partial charge in [0, 0.05) is 31.4 Å². The number of amides is 2. The maximum atomic E-state index is 13.0. The molecule has 0 aromatic carbocycles. The first-order valence-electron chi connectivity index (χ1n) is 9.19. The Balaban J connectivity index is 1.82. The molecular weight excluding hydrogens is 330 g/mol. The van der Waals surface area contributed by atoms with Crippen molar-refractivity contribution >= 4 is 11.8 Å². The van der Waals surface area contributed by atoms with E-state index in [1.807, 2.05) is 6.92 Å². The molecule has 1 fully saturated rings. The highest BCUT2D eigenvalue weighted by molar-refractivity contribution is 5.94. The van der Waals surface area contributed by atoms with Gasteiger partial charge in [-0.1, -0.05) is 20.4 Å². The summed E-state index contributed by atoms with van der Waals surface area (Å²) in [6.45, 7) is 11.1. The van der Waals surface area contributed by atoms with Gasteiger partial charge in [-0.2, -0.15) is 0 Å². The van der Waals surface area contributed by atoms with E-state index in [0.29, 0.717) is 19.6 Å². The van der Waals surface area contributed by atoms with Crippen molar-refractivity contribution in [3.05, 3.63) is 45.9 Å². The van der Waals surface area contributed by atoms with Crippen LogP contribution in [0.25, 0.3) is 0 Å². The third-order valence-electron chi connectivity index (χ3n) is 5.55. The average molecular weight is 357 g/mol. The number of rotatable bonds is 2. The zero-order chi connectivity index (χ0) is 19.1. The first-order chi connectivity index (χ1) is 12.2. The van der Waals surface area contributed by atoms with Gasteiger partial charge >= 0.3 is 0 Å². The molecule has 2 heterocycles. The van der Waals surface area contributed by atoms with Crippen LogP contribution < -0.4 is 5.56 Å². The van der Waals surface area contributed by atoms with Crippen molar-refractivity contribution < 1.29 is 9.59 Å². The molecule has 1 aromatic rings. The van der Waals surface area contributed by atoms with Crippen LogP contribution in [0.2, 0.25) is 0 Å². The van der Waals surface area contributed by atoms with E-state index in [0.717, 1.165) is 30.5 Å². The summed E-state index contributed by atoms with van der Waals surface area (Å²) in [6.07, 6.45) is 4.03. The van der Waals surface area contributed by atoms with Gasteiger partial charge in [0.2, 0.25) is 5.91 Å². The number of pyridine rings is 1. The van der Waals surface area contributed by atoms with Crippen LogP contribution in [0.4, 0.5) is 0 Å². The highest BCUT2D eigenvalue weighted by Gasteiger charge is 2.32. The van der Waals surface area contributed by atoms with E-state index in [2.05, 4.69) is 25.4 Å². The molecule has 2 aliphatic rings. The fourth-order valence-corrected chi connectivity index (χ4v) is 3.93. The first kappa shape index (κ1) is 18.4. The van der Waals surface area contributed by atoms with Crippen LogP contribution in [0.15, 0.2) is 23.5 Å². The van der Waals surface area contributed by atoms with Gasteiger partial charge in [0.1, 0.15) is 5.56 Å². The quantitative estimate of drug-likeness (QED) is 0.820. The standard InChI is InChI=1S/C20H27N3O3/c1-5-17(24)22-8-9-23(13(2)12-22)19(26)15-10-14-6-7-20(3,4)11-16(14)21-18(15)25/h5,10,13H,1,6-9,11-12H2,2-4H3,(H,21,25)/t13-/m0/s1. The number of hydrogen-bond acceptors (Lipinski definition) is 3. The minimum atomic E-state index is -0.316. The summed E-state index contributed by atoms with van der Waals surface area (Å²) in [6, 6.07) is 1.63. The van der Waals surface area contributed by atoms with Crippen LogP contribution in [0.3, 0.4) is 0 Å². The van der Waals surface area contributed by atoms with E-state index in [1.54, 1.807) is 15.9 Å². The molecule has 6 heteroatoms. The van der Waals surface area contributed by atoms with Crippen LogP contribution in [-0.2, 0) is 17.6 Å². The van der Waals surface area contributed by atoms with E-state index in [4.69, 9.17) is 0 Å². The molecule has 1 saturated heterocycles. The number of hydrogen-bond donors (Lipinski definition) is 1. The largest absolute Gasteiger partial charge is 0.335 e. The van der Waals surface area contributed by atoms with Crippen molar-refractivity contribution in [2.24, 2.45) is 5.41 Å². The van der Waals surface area contributed by atoms with E-state index >= 15 is 0 Å². The second kappa shape index (κ2) is 6.74. The normalized spacial score (nSPS) is 21.9. The summed E-state index contributed by atoms with van der Waals surface area (Å²) in [5, 5.41) is 0. The molecule has 140 valence electrons. The highest BCUT2D eigenvalue weighted by Crippen LogP contribution is 2.33. The molecular formula is C20H27N3O3. The Morgan fingerprint density at radius 2 is 2.08 bits per heavy atom. The zero-order valence-electron chi connectivity index (χ0n) is 15.8. The molecule has 1 atom stereocenters. The van der Waals surface area contributed by atoms with Gasteiger partial charge in [-0.25, -0.2) is 0 Å². The Kier molecular flexibility index (Phi) is 4.78. The van der Waals surface area contributed by atoms with Crippen molar-refractivity contribution in [1.82, 2.24) is 14.8 Å². The SMILES string of the molecule is C=CC(=O)N1CCN(C(=O)c2cc3c([nH]c2=O)CC(C)(C)CC3)[C@@H](C)C1. The first-order valence-corrected chi connectivity index (χ1v) is 9.19. The lowest BCUT2D eigenvalue weighted by Crippen LogP contribution is -2.55. The maximum absolute atomic E-state index is 13.0. The van der Waals surface area contributed by atoms with Crippen LogP contribution in [-0.4, -0.2) is 52.3 Å². The summed E-state index contributed by atoms with van der Waals surface area (Å²) < 4.78 is 0. The van der Waals surface area contributed by atoms with Gasteiger partial charge < -0.3 is 14.8 Å². The van der Waals surface area contributed by atoms with Gasteiger partial charge in [-0.3, -0.25) is 14.4 Å². The lowest BCUT2D eigenvalue weighted by molar-refractivity contribution is -0.128. The van der Waals surface area contributed by atoms with Crippen LogP contribution >= 0.6 is 0 Å². The van der Waals surface area contributed by atoms with E-state index < -0.39 is 0 Å². The number of aryl methyl sites for hydroxylation is 1. The zero-order valence-corrected chi connectivity index (χ0v) is 15.8. The molecule has 0 saturated carbocycles. The molecule has 6 nitrogen and oxygen atoms in total. The number of piperazine rings is 1. The third-order valence-corrected chi connectivity index (χ3v) is 5.55. The molecule has 2 amide bonds. The van der Waals surface area contributed by atoms with Gasteiger partial charge in [-0.15, -0.1) is 0 Å². The number of aromatic nitrogens is 1. The van der Waals surface area contributed by atoms with Crippen molar-refractivity contribution in [3.8, 4) is 0 Å². The predicted molar refractivity (Wildman–Crippen MR) is 100 cm³/mol. The second-order valence-electron chi connectivity index (χ2n) is 8.19. The number of H-pyrrole nitrogens is 1. The molecule has 0 spiro atoms. The third kappa shape index (κ3) is 3.45. The molecule has 0 bridgehead atoms. The Hall–Kier alpha value is -2.37. The lowest BCUT2D eigenvalue weighted by Gasteiger charge is -2.39. The van der Waals surface area contributed by atoms with Crippen LogP contribution in [0.1, 0.15) is 48.8 Å². The van der Waals surface area contributed by atoms with E-state index in [9.17, 15) is 14.4 Å². The fourth-order valence-electron chi connectivity index (χ4n) is 3.93. The molecule has 1 aromatic heterocycles. The van der Waals surface area contributed by atoms with Gasteiger partial charge in [0.25, 0.3) is 11.5 Å². The van der Waals surface area contributed by atoms with Crippen molar-refractivity contribution in [3.63, 3.8) is 0 Å². The van der Waals surface area contributed by atoms with E-state index in [1.165, 1.54) is 6.08 Å². The monoisotopic (exact) mass is 357 g/mol. The van der Waals surface area contributed by atoms with Gasteiger partial charge in [-0.05, 0) is 49.3 Å². The summed E-state index contributed by atoms with van der Waals surface area (Å²) in [7, 11) is 0. The Morgan fingerprint density at radius 1 is 1.35 bits per heavy atom. The topological polar surface area (TPSA) is 73.5 Å². The summed E-state index contributed by atoms with van der Waals surface area (Å²) in [5.74, 6) is -0.379. The Bertz CT molecular complexity index is 809. The minimum absolute atomic E-state index is 0.127. The van der Waals surface area contributed by atoms with Crippen LogP contribution in [0, 0.1) is 5.41 Å². The fraction of sp³-hybridized carbons (Fsp3) is 0.550. The number of nitrogens with zero attached hydrogens (tertiary/aromatic N) is 2. The smallest absolute Gasteiger partial charge is 0.261 e. The maximum Gasteiger partial charge on any atom is 0.261 e. The summed E-state index contributed by atoms with van der Waals surface area (Å²) in [4.78, 5) is 43.6. The number of fused-ring (bicyclic) bond motifs is 1. The van der Waals surface area contributed by atoms with Crippen molar-refractivity contribution in [1.29, 1.82) is 0 Å². The number of carbonyl (C=O) groups excluding carboxylic acids is 2. The number of carbonyl (C=O) groups is 2. The average Bonchev–Trinajstić information content (AvgIpc) is 2.59. The minimum Gasteiger partial charge on any atom is -0.335 e. The molecule has 1 aliphatic carbocycles. The van der Waals surface area contributed by atoms with Crippen molar-refractivity contribution in [2.75, 3.05) is 19.6 Å². The highest BCUT2D eigenvalue weighted by atomic mass is 16.2. The molecule has 26 heavy (non-hydrogen) atoms. The Labute approximate surface area is 153 Å². The van der Waals surface area contributed by atoms with Gasteiger partial charge in [0.05, 0.1) is 0 Å². The second-order valence-corrected chi connectivity index (χ2v) is 8.19. The van der Waals surface area contributed by atoms with Crippen molar-refractivity contribution in [2.45, 2.75) is 46.1 Å². The molecule has 0 radical (unpaired) electrons. The number of aromatic amines is 1. The molecule has 0 unspecified atom stereocenters. The molecule has 1 N–H and O–H groups in total. The lowest BCUT2D eigenvalue weighted by atomic mass is 9.76. The van der Waals surface area contributed by atoms with E-state index in [-0.39, 0.29) is 34.4 Å². The molecule has 3 rings (SSSR count). The predicted octanol–water partition coefficient (Wildman–Crippen LogP) is 1.75. The Morgan fingerprint density at radius 3 is 2.73 bits per heavy atom. The number of nitrogens with one attached hydrogen (secondary N) is 1. The summed E-state index contributed by atoms with van der Waals surface area (Å²) >= 11 is 0. The van der Waals surface area contributed by atoms with Gasteiger partial charge in [0.15, 0.2) is 0 Å². The molecule has 1 aliphatic heterocycles.